The number of hydrogen-bond donors (Lipinski definition) is 0. The first kappa shape index (κ1) is 23.8. The maximum atomic E-state index is 12.7. The third kappa shape index (κ3) is 4.55. The van der Waals surface area contributed by atoms with Crippen molar-refractivity contribution in [2.24, 2.45) is 0 Å². The maximum Gasteiger partial charge on any atom is 0.338 e. The van der Waals surface area contributed by atoms with E-state index in [-0.39, 0.29) is 11.1 Å². The van der Waals surface area contributed by atoms with Gasteiger partial charge in [0.25, 0.3) is 0 Å². The number of benzene rings is 5. The molecule has 5 nitrogen and oxygen atoms in total. The largest absolute Gasteiger partial charge is 0.457 e. The van der Waals surface area contributed by atoms with E-state index in [1.807, 2.05) is 60.7 Å². The van der Waals surface area contributed by atoms with Crippen LogP contribution < -0.4 is 14.2 Å². The van der Waals surface area contributed by atoms with Crippen molar-refractivity contribution < 1.29 is 23.8 Å². The van der Waals surface area contributed by atoms with Crippen LogP contribution in [0.25, 0.3) is 32.3 Å². The first-order chi connectivity index (χ1) is 17.8. The van der Waals surface area contributed by atoms with Gasteiger partial charge < -0.3 is 14.2 Å². The van der Waals surface area contributed by atoms with E-state index in [0.717, 1.165) is 10.8 Å². The Bertz CT molecular complexity index is 1750. The van der Waals surface area contributed by atoms with Crippen LogP contribution in [0.1, 0.15) is 13.8 Å². The molecule has 0 aliphatic carbocycles. The zero-order chi connectivity index (χ0) is 26.1. The van der Waals surface area contributed by atoms with Crippen molar-refractivity contribution in [3.8, 4) is 23.0 Å². The molecule has 0 unspecified atom stereocenters. The highest BCUT2D eigenvalue weighted by atomic mass is 16.5. The van der Waals surface area contributed by atoms with Gasteiger partial charge in [-0.1, -0.05) is 79.9 Å². The van der Waals surface area contributed by atoms with Crippen molar-refractivity contribution in [2.45, 2.75) is 13.8 Å². The first-order valence-corrected chi connectivity index (χ1v) is 11.7. The molecule has 0 fully saturated rings. The Kier molecular flexibility index (Phi) is 6.20. The molecule has 0 heterocycles. The van der Waals surface area contributed by atoms with Gasteiger partial charge in [-0.2, -0.15) is 0 Å². The van der Waals surface area contributed by atoms with E-state index in [0.29, 0.717) is 44.5 Å². The Hall–Kier alpha value is -4.90. The molecule has 0 saturated heterocycles. The fourth-order valence-corrected chi connectivity index (χ4v) is 4.13. The molecule has 37 heavy (non-hydrogen) atoms. The van der Waals surface area contributed by atoms with Crippen LogP contribution in [0.5, 0.6) is 23.0 Å². The number of esters is 2. The molecule has 182 valence electrons. The zero-order valence-electron chi connectivity index (χ0n) is 20.5. The molecular weight excluding hydrogens is 464 g/mol. The van der Waals surface area contributed by atoms with Crippen molar-refractivity contribution in [1.82, 2.24) is 0 Å². The average molecular weight is 489 g/mol. The zero-order valence-corrected chi connectivity index (χ0v) is 20.5. The van der Waals surface area contributed by atoms with E-state index in [1.165, 1.54) is 0 Å². The molecule has 5 aromatic rings. The van der Waals surface area contributed by atoms with Crippen LogP contribution in [0.2, 0.25) is 0 Å². The smallest absolute Gasteiger partial charge is 0.338 e. The van der Waals surface area contributed by atoms with Crippen molar-refractivity contribution in [1.29, 1.82) is 0 Å². The van der Waals surface area contributed by atoms with Crippen LogP contribution in [-0.2, 0) is 9.59 Å². The van der Waals surface area contributed by atoms with E-state index in [2.05, 4.69) is 13.2 Å². The van der Waals surface area contributed by atoms with Gasteiger partial charge in [0.2, 0.25) is 0 Å². The summed E-state index contributed by atoms with van der Waals surface area (Å²) < 4.78 is 18.1. The van der Waals surface area contributed by atoms with Crippen LogP contribution in [-0.4, -0.2) is 11.9 Å². The molecule has 0 spiro atoms. The molecule has 0 saturated carbocycles. The molecule has 0 atom stereocenters. The summed E-state index contributed by atoms with van der Waals surface area (Å²) in [6, 6.07) is 26.4. The Labute approximate surface area is 214 Å². The van der Waals surface area contributed by atoms with Crippen LogP contribution in [0, 0.1) is 0 Å². The summed E-state index contributed by atoms with van der Waals surface area (Å²) in [5.74, 6) is 0.549. The Balaban J connectivity index is 1.79. The Morgan fingerprint density at radius 1 is 0.622 bits per heavy atom. The van der Waals surface area contributed by atoms with Crippen molar-refractivity contribution in [3.05, 3.63) is 109 Å². The molecule has 0 amide bonds. The van der Waals surface area contributed by atoms with E-state index in [4.69, 9.17) is 14.2 Å². The number of carbonyl (C=O) groups is 2. The number of hydrogen-bond acceptors (Lipinski definition) is 5. The molecule has 5 aromatic carbocycles. The minimum atomic E-state index is -0.571. The van der Waals surface area contributed by atoms with Crippen LogP contribution >= 0.6 is 0 Å². The lowest BCUT2D eigenvalue weighted by molar-refractivity contribution is -0.130. The summed E-state index contributed by atoms with van der Waals surface area (Å²) >= 11 is 0. The van der Waals surface area contributed by atoms with Gasteiger partial charge in [-0.15, -0.1) is 0 Å². The fourth-order valence-electron chi connectivity index (χ4n) is 4.13. The van der Waals surface area contributed by atoms with Crippen molar-refractivity contribution in [3.63, 3.8) is 0 Å². The third-order valence-electron chi connectivity index (χ3n) is 5.95. The highest BCUT2D eigenvalue weighted by Crippen LogP contribution is 2.47. The second-order valence-corrected chi connectivity index (χ2v) is 8.83. The van der Waals surface area contributed by atoms with Gasteiger partial charge >= 0.3 is 11.9 Å². The summed E-state index contributed by atoms with van der Waals surface area (Å²) in [4.78, 5) is 25.3. The van der Waals surface area contributed by atoms with E-state index in [9.17, 15) is 9.59 Å². The lowest BCUT2D eigenvalue weighted by Crippen LogP contribution is -2.11. The lowest BCUT2D eigenvalue weighted by atomic mass is 9.99. The Morgan fingerprint density at radius 3 is 1.86 bits per heavy atom. The number of rotatable bonds is 6. The minimum absolute atomic E-state index is 0.253. The second-order valence-electron chi connectivity index (χ2n) is 8.83. The number of fused-ring (bicyclic) bond motifs is 3. The summed E-state index contributed by atoms with van der Waals surface area (Å²) in [7, 11) is 0. The van der Waals surface area contributed by atoms with Gasteiger partial charge in [0.05, 0.1) is 5.39 Å². The van der Waals surface area contributed by atoms with Crippen LogP contribution in [0.3, 0.4) is 0 Å². The predicted octanol–water partition coefficient (Wildman–Crippen LogP) is 7.90. The van der Waals surface area contributed by atoms with Gasteiger partial charge in [-0.3, -0.25) is 0 Å². The number of ether oxygens (including phenoxy) is 3. The highest BCUT2D eigenvalue weighted by molar-refractivity contribution is 6.15. The highest BCUT2D eigenvalue weighted by Gasteiger charge is 2.23. The van der Waals surface area contributed by atoms with Crippen molar-refractivity contribution >= 4 is 44.3 Å². The molecule has 0 aliphatic rings. The molecule has 5 heteroatoms. The molecule has 0 N–H and O–H groups in total. The third-order valence-corrected chi connectivity index (χ3v) is 5.95. The first-order valence-electron chi connectivity index (χ1n) is 11.7. The minimum Gasteiger partial charge on any atom is -0.457 e. The second kappa shape index (κ2) is 9.63. The Morgan fingerprint density at radius 2 is 1.19 bits per heavy atom. The molecule has 0 radical (unpaired) electrons. The molecule has 5 rings (SSSR count). The van der Waals surface area contributed by atoms with Gasteiger partial charge in [-0.05, 0) is 42.8 Å². The van der Waals surface area contributed by atoms with Gasteiger partial charge in [0, 0.05) is 27.3 Å². The summed E-state index contributed by atoms with van der Waals surface area (Å²) in [5.41, 5.74) is 0.515. The summed E-state index contributed by atoms with van der Waals surface area (Å²) in [6.45, 7) is 10.6. The monoisotopic (exact) mass is 488 g/mol. The fraction of sp³-hybridized carbons (Fsp3) is 0.0625. The lowest BCUT2D eigenvalue weighted by Gasteiger charge is -2.19. The quantitative estimate of drug-likeness (QED) is 0.105. The van der Waals surface area contributed by atoms with E-state index >= 15 is 0 Å². The normalized spacial score (nSPS) is 10.9. The molecule has 0 aromatic heterocycles. The van der Waals surface area contributed by atoms with E-state index in [1.54, 1.807) is 38.1 Å². The van der Waals surface area contributed by atoms with Crippen LogP contribution in [0.4, 0.5) is 0 Å². The topological polar surface area (TPSA) is 61.8 Å². The standard InChI is InChI=1S/C32H24O5/c1-19(2)31(33)36-29-24-12-7-8-13-25(24)30(37-32(34)20(3)4)28-26(29)14-9-15-27(28)35-23-17-16-21-10-5-6-11-22(21)18-23/h5-18H,1,3H2,2,4H3. The maximum absolute atomic E-state index is 12.7. The predicted molar refractivity (Wildman–Crippen MR) is 146 cm³/mol. The number of carbonyl (C=O) groups excluding carboxylic acids is 2. The van der Waals surface area contributed by atoms with Gasteiger partial charge in [-0.25, -0.2) is 9.59 Å². The molecular formula is C32H24O5. The average Bonchev–Trinajstić information content (AvgIpc) is 2.90. The van der Waals surface area contributed by atoms with Crippen molar-refractivity contribution in [2.75, 3.05) is 0 Å². The van der Waals surface area contributed by atoms with Gasteiger partial charge in [0.1, 0.15) is 17.2 Å². The summed E-state index contributed by atoms with van der Waals surface area (Å²) in [5, 5.41) is 4.35. The molecule has 0 aliphatic heterocycles. The van der Waals surface area contributed by atoms with E-state index < -0.39 is 11.9 Å². The summed E-state index contributed by atoms with van der Waals surface area (Å²) in [6.07, 6.45) is 0. The molecule has 0 bridgehead atoms. The SMILES string of the molecule is C=C(C)C(=O)Oc1c2ccccc2c(OC(=O)C(=C)C)c2c(Oc3ccc4ccccc4c3)cccc12. The van der Waals surface area contributed by atoms with Crippen LogP contribution in [0.15, 0.2) is 109 Å². The van der Waals surface area contributed by atoms with Gasteiger partial charge in [0.15, 0.2) is 5.75 Å².